The molecule has 1 rings (SSSR count). The van der Waals surface area contributed by atoms with Crippen molar-refractivity contribution < 1.29 is 9.53 Å². The first kappa shape index (κ1) is 9.32. The lowest BCUT2D eigenvalue weighted by molar-refractivity contribution is 0.119. The second-order valence-corrected chi connectivity index (χ2v) is 3.31. The molecule has 1 amide bonds. The third-order valence-electron chi connectivity index (χ3n) is 1.90. The fourth-order valence-corrected chi connectivity index (χ4v) is 1.34. The predicted octanol–water partition coefficient (Wildman–Crippen LogP) is 0.389. The zero-order valence-electron chi connectivity index (χ0n) is 7.91. The van der Waals surface area contributed by atoms with Gasteiger partial charge in [0.05, 0.1) is 6.54 Å². The van der Waals surface area contributed by atoms with Gasteiger partial charge in [-0.3, -0.25) is 0 Å². The summed E-state index contributed by atoms with van der Waals surface area (Å²) in [4.78, 5) is 14.8. The number of cyclic esters (lactones) is 1. The van der Waals surface area contributed by atoms with Gasteiger partial charge in [-0.05, 0) is 21.0 Å². The third-order valence-corrected chi connectivity index (χ3v) is 1.90. The molecule has 12 heavy (non-hydrogen) atoms. The molecule has 1 saturated heterocycles. The molecule has 0 radical (unpaired) electrons. The molecule has 1 aliphatic heterocycles. The van der Waals surface area contributed by atoms with Gasteiger partial charge in [0.15, 0.2) is 0 Å². The van der Waals surface area contributed by atoms with Crippen molar-refractivity contribution >= 4 is 6.09 Å². The number of likely N-dealkylation sites (N-methyl/N-ethyl adjacent to an activating group) is 2. The Hall–Kier alpha value is -0.770. The minimum absolute atomic E-state index is 0.0486. The van der Waals surface area contributed by atoms with Crippen LogP contribution in [0.3, 0.4) is 0 Å². The second kappa shape index (κ2) is 3.76. The highest BCUT2D eigenvalue weighted by Crippen LogP contribution is 2.10. The van der Waals surface area contributed by atoms with Crippen LogP contribution in [0.1, 0.15) is 6.92 Å². The van der Waals surface area contributed by atoms with Crippen LogP contribution in [0.2, 0.25) is 0 Å². The van der Waals surface area contributed by atoms with E-state index >= 15 is 0 Å². The number of carbonyl (C=O) groups excluding carboxylic acids is 1. The zero-order chi connectivity index (χ0) is 9.14. The quantitative estimate of drug-likeness (QED) is 0.617. The smallest absolute Gasteiger partial charge is 0.410 e. The molecule has 0 aromatic carbocycles. The van der Waals surface area contributed by atoms with E-state index < -0.39 is 0 Å². The van der Waals surface area contributed by atoms with Crippen LogP contribution in [0.25, 0.3) is 0 Å². The Morgan fingerprint density at radius 3 is 2.75 bits per heavy atom. The summed E-state index contributed by atoms with van der Waals surface area (Å²) < 4.78 is 5.12. The number of hydrogen-bond acceptors (Lipinski definition) is 3. The molecule has 0 spiro atoms. The van der Waals surface area contributed by atoms with Crippen molar-refractivity contribution in [3.63, 3.8) is 0 Å². The van der Waals surface area contributed by atoms with Crippen LogP contribution in [0, 0.1) is 0 Å². The maximum atomic E-state index is 11.1. The number of hydrogen-bond donors (Lipinski definition) is 0. The molecule has 1 unspecified atom stereocenters. The van der Waals surface area contributed by atoms with Crippen LogP contribution in [-0.2, 0) is 4.74 Å². The molecule has 4 heteroatoms. The van der Waals surface area contributed by atoms with E-state index in [1.54, 1.807) is 4.90 Å². The Balaban J connectivity index is 2.38. The van der Waals surface area contributed by atoms with Crippen molar-refractivity contribution in [2.24, 2.45) is 0 Å². The number of amides is 1. The van der Waals surface area contributed by atoms with Crippen molar-refractivity contribution in [3.05, 3.63) is 0 Å². The summed E-state index contributed by atoms with van der Waals surface area (Å²) in [6.45, 7) is 4.23. The van der Waals surface area contributed by atoms with Crippen molar-refractivity contribution in [1.82, 2.24) is 9.80 Å². The topological polar surface area (TPSA) is 32.8 Å². The van der Waals surface area contributed by atoms with Crippen molar-refractivity contribution in [2.75, 3.05) is 33.7 Å². The Bertz CT molecular complexity index is 170. The minimum Gasteiger partial charge on any atom is -0.443 e. The largest absolute Gasteiger partial charge is 0.443 e. The molecule has 0 aromatic rings. The number of rotatable bonds is 3. The van der Waals surface area contributed by atoms with Crippen LogP contribution in [-0.4, -0.2) is 55.7 Å². The van der Waals surface area contributed by atoms with Gasteiger partial charge < -0.3 is 14.5 Å². The van der Waals surface area contributed by atoms with Crippen LogP contribution in [0.4, 0.5) is 4.79 Å². The van der Waals surface area contributed by atoms with E-state index in [4.69, 9.17) is 4.74 Å². The lowest BCUT2D eigenvalue weighted by Crippen LogP contribution is -2.30. The minimum atomic E-state index is -0.177. The summed E-state index contributed by atoms with van der Waals surface area (Å²) in [5.74, 6) is 0. The molecule has 1 atom stereocenters. The Labute approximate surface area is 73.1 Å². The maximum Gasteiger partial charge on any atom is 0.410 e. The Kier molecular flexibility index (Phi) is 2.92. The summed E-state index contributed by atoms with van der Waals surface area (Å²) >= 11 is 0. The number of ether oxygens (including phenoxy) is 1. The summed E-state index contributed by atoms with van der Waals surface area (Å²) in [7, 11) is 3.95. The highest BCUT2D eigenvalue weighted by molar-refractivity contribution is 5.69. The monoisotopic (exact) mass is 172 g/mol. The van der Waals surface area contributed by atoms with Gasteiger partial charge in [0, 0.05) is 13.1 Å². The van der Waals surface area contributed by atoms with Gasteiger partial charge in [-0.15, -0.1) is 0 Å². The van der Waals surface area contributed by atoms with Gasteiger partial charge in [-0.25, -0.2) is 4.79 Å². The normalized spacial score (nSPS) is 23.5. The molecule has 1 heterocycles. The zero-order valence-corrected chi connectivity index (χ0v) is 7.91. The molecule has 0 N–H and O–H groups in total. The third kappa shape index (κ3) is 2.11. The van der Waals surface area contributed by atoms with Gasteiger partial charge >= 0.3 is 6.09 Å². The van der Waals surface area contributed by atoms with E-state index in [1.807, 2.05) is 25.9 Å². The van der Waals surface area contributed by atoms with Crippen LogP contribution < -0.4 is 0 Å². The molecule has 0 aromatic heterocycles. The van der Waals surface area contributed by atoms with E-state index in [2.05, 4.69) is 0 Å². The van der Waals surface area contributed by atoms with E-state index in [-0.39, 0.29) is 12.2 Å². The van der Waals surface area contributed by atoms with Crippen LogP contribution >= 0.6 is 0 Å². The fraction of sp³-hybridized carbons (Fsp3) is 0.875. The SMILES string of the molecule is CCN1CC(CN(C)C)OC1=O. The molecule has 4 nitrogen and oxygen atoms in total. The molecule has 1 fully saturated rings. The molecule has 0 bridgehead atoms. The summed E-state index contributed by atoms with van der Waals surface area (Å²) in [6, 6.07) is 0. The molecular formula is C8H16N2O2. The van der Waals surface area contributed by atoms with Gasteiger partial charge in [0.25, 0.3) is 0 Å². The van der Waals surface area contributed by atoms with E-state index in [1.165, 1.54) is 0 Å². The van der Waals surface area contributed by atoms with Gasteiger partial charge in [-0.1, -0.05) is 0 Å². The number of carbonyl (C=O) groups is 1. The predicted molar refractivity (Wildman–Crippen MR) is 46.1 cm³/mol. The molecule has 70 valence electrons. The molecular weight excluding hydrogens is 156 g/mol. The van der Waals surface area contributed by atoms with Crippen molar-refractivity contribution in [1.29, 1.82) is 0 Å². The van der Waals surface area contributed by atoms with Gasteiger partial charge in [0.2, 0.25) is 0 Å². The lowest BCUT2D eigenvalue weighted by atomic mass is 10.3. The lowest BCUT2D eigenvalue weighted by Gasteiger charge is -2.13. The average molecular weight is 172 g/mol. The van der Waals surface area contributed by atoms with Gasteiger partial charge in [0.1, 0.15) is 6.10 Å². The highest BCUT2D eigenvalue weighted by atomic mass is 16.6. The molecule has 0 aliphatic carbocycles. The first-order valence-corrected chi connectivity index (χ1v) is 4.23. The Morgan fingerprint density at radius 1 is 1.67 bits per heavy atom. The van der Waals surface area contributed by atoms with Crippen molar-refractivity contribution in [3.8, 4) is 0 Å². The number of nitrogens with zero attached hydrogens (tertiary/aromatic N) is 2. The fourth-order valence-electron chi connectivity index (χ4n) is 1.34. The van der Waals surface area contributed by atoms with Crippen LogP contribution in [0.15, 0.2) is 0 Å². The highest BCUT2D eigenvalue weighted by Gasteiger charge is 2.29. The summed E-state index contributed by atoms with van der Waals surface area (Å²) in [6.07, 6.45) is -0.128. The van der Waals surface area contributed by atoms with E-state index in [0.29, 0.717) is 0 Å². The van der Waals surface area contributed by atoms with Crippen LogP contribution in [0.5, 0.6) is 0 Å². The van der Waals surface area contributed by atoms with Crippen molar-refractivity contribution in [2.45, 2.75) is 13.0 Å². The second-order valence-electron chi connectivity index (χ2n) is 3.31. The van der Waals surface area contributed by atoms with E-state index in [9.17, 15) is 4.79 Å². The van der Waals surface area contributed by atoms with Gasteiger partial charge in [-0.2, -0.15) is 0 Å². The maximum absolute atomic E-state index is 11.1. The standard InChI is InChI=1S/C8H16N2O2/c1-4-10-6-7(5-9(2)3)12-8(10)11/h7H,4-6H2,1-3H3. The summed E-state index contributed by atoms with van der Waals surface area (Å²) in [5, 5.41) is 0. The first-order valence-electron chi connectivity index (χ1n) is 4.23. The first-order chi connectivity index (χ1) is 5.63. The van der Waals surface area contributed by atoms with E-state index in [0.717, 1.165) is 19.6 Å². The molecule has 1 aliphatic rings. The Morgan fingerprint density at radius 2 is 2.33 bits per heavy atom. The molecule has 0 saturated carbocycles. The summed E-state index contributed by atoms with van der Waals surface area (Å²) in [5.41, 5.74) is 0. The average Bonchev–Trinajstić information content (AvgIpc) is 2.29.